The molecule has 1 aliphatic heterocycles. The molecule has 1 unspecified atom stereocenters. The van der Waals surface area contributed by atoms with Crippen LogP contribution in [0.5, 0.6) is 5.75 Å². The molecule has 5 nitrogen and oxygen atoms in total. The van der Waals surface area contributed by atoms with E-state index >= 15 is 0 Å². The summed E-state index contributed by atoms with van der Waals surface area (Å²) in [6.07, 6.45) is 4.41. The minimum atomic E-state index is 0. The van der Waals surface area contributed by atoms with Gasteiger partial charge in [-0.05, 0) is 44.6 Å². The summed E-state index contributed by atoms with van der Waals surface area (Å²) < 4.78 is 7.46. The van der Waals surface area contributed by atoms with Crippen LogP contribution < -0.4 is 10.1 Å². The topological polar surface area (TPSA) is 42.3 Å². The van der Waals surface area contributed by atoms with Crippen molar-refractivity contribution in [1.82, 2.24) is 20.0 Å². The van der Waals surface area contributed by atoms with E-state index in [1.165, 1.54) is 18.5 Å². The Bertz CT molecular complexity index is 616. The standard InChI is InChI=1S/C17H24N4O.ClH/c1-18-12-14-6-5-11-20(14)13-15-9-10-19-21(15)16-7-3-4-8-17(16)22-2;/h3-4,7-10,14,18H,5-6,11-13H2,1-2H3;1H. The Morgan fingerprint density at radius 3 is 2.91 bits per heavy atom. The second-order valence-electron chi connectivity index (χ2n) is 5.73. The second-order valence-corrected chi connectivity index (χ2v) is 5.73. The lowest BCUT2D eigenvalue weighted by molar-refractivity contribution is 0.237. The summed E-state index contributed by atoms with van der Waals surface area (Å²) in [7, 11) is 3.72. The van der Waals surface area contributed by atoms with Gasteiger partial charge in [-0.2, -0.15) is 5.10 Å². The monoisotopic (exact) mass is 336 g/mol. The maximum absolute atomic E-state index is 5.47. The number of likely N-dealkylation sites (N-methyl/N-ethyl adjacent to an activating group) is 1. The average Bonchev–Trinajstić information content (AvgIpc) is 3.18. The summed E-state index contributed by atoms with van der Waals surface area (Å²) in [4.78, 5) is 2.54. The van der Waals surface area contributed by atoms with Crippen molar-refractivity contribution in [2.24, 2.45) is 0 Å². The predicted octanol–water partition coefficient (Wildman–Crippen LogP) is 2.49. The number of likely N-dealkylation sites (tertiary alicyclic amines) is 1. The smallest absolute Gasteiger partial charge is 0.144 e. The van der Waals surface area contributed by atoms with E-state index in [9.17, 15) is 0 Å². The van der Waals surface area contributed by atoms with E-state index in [1.54, 1.807) is 7.11 Å². The lowest BCUT2D eigenvalue weighted by Gasteiger charge is -2.24. The molecule has 2 heterocycles. The summed E-state index contributed by atoms with van der Waals surface area (Å²) in [5.41, 5.74) is 2.20. The first-order valence-corrected chi connectivity index (χ1v) is 7.88. The third-order valence-corrected chi connectivity index (χ3v) is 4.34. The Hall–Kier alpha value is -1.56. The molecule has 1 fully saturated rings. The van der Waals surface area contributed by atoms with E-state index < -0.39 is 0 Å². The van der Waals surface area contributed by atoms with Crippen molar-refractivity contribution >= 4 is 12.4 Å². The molecule has 1 aromatic heterocycles. The number of halogens is 1. The highest BCUT2D eigenvalue weighted by atomic mass is 35.5. The lowest BCUT2D eigenvalue weighted by atomic mass is 10.2. The molecule has 0 saturated carbocycles. The Labute approximate surface area is 144 Å². The van der Waals surface area contributed by atoms with Gasteiger partial charge >= 0.3 is 0 Å². The van der Waals surface area contributed by atoms with Crippen molar-refractivity contribution in [2.75, 3.05) is 27.2 Å². The van der Waals surface area contributed by atoms with Crippen LogP contribution in [0.25, 0.3) is 5.69 Å². The van der Waals surface area contributed by atoms with Gasteiger partial charge in [0, 0.05) is 25.3 Å². The number of nitrogens with zero attached hydrogens (tertiary/aromatic N) is 3. The zero-order chi connectivity index (χ0) is 15.4. The highest BCUT2D eigenvalue weighted by molar-refractivity contribution is 5.85. The van der Waals surface area contributed by atoms with E-state index in [2.05, 4.69) is 21.4 Å². The first kappa shape index (κ1) is 17.8. The Balaban J connectivity index is 0.00000192. The van der Waals surface area contributed by atoms with Crippen molar-refractivity contribution in [3.8, 4) is 11.4 Å². The van der Waals surface area contributed by atoms with E-state index in [-0.39, 0.29) is 12.4 Å². The third-order valence-electron chi connectivity index (χ3n) is 4.34. The number of para-hydroxylation sites is 2. The molecule has 1 atom stereocenters. The normalized spacial score (nSPS) is 17.9. The Morgan fingerprint density at radius 1 is 1.30 bits per heavy atom. The number of hydrogen-bond donors (Lipinski definition) is 1. The maximum Gasteiger partial charge on any atom is 0.144 e. The Kier molecular flexibility index (Phi) is 6.45. The van der Waals surface area contributed by atoms with Crippen molar-refractivity contribution in [1.29, 1.82) is 0 Å². The van der Waals surface area contributed by atoms with Gasteiger partial charge < -0.3 is 10.1 Å². The summed E-state index contributed by atoms with van der Waals surface area (Å²) in [6.45, 7) is 3.12. The van der Waals surface area contributed by atoms with E-state index in [0.29, 0.717) is 6.04 Å². The van der Waals surface area contributed by atoms with Crippen molar-refractivity contribution in [3.05, 3.63) is 42.2 Å². The van der Waals surface area contributed by atoms with E-state index in [4.69, 9.17) is 4.74 Å². The molecular formula is C17H25ClN4O. The third kappa shape index (κ3) is 3.86. The number of rotatable bonds is 6. The molecule has 1 N–H and O–H groups in total. The van der Waals surface area contributed by atoms with Crippen molar-refractivity contribution < 1.29 is 4.74 Å². The fourth-order valence-electron chi connectivity index (χ4n) is 3.25. The molecular weight excluding hydrogens is 312 g/mol. The molecule has 126 valence electrons. The molecule has 6 heteroatoms. The summed E-state index contributed by atoms with van der Waals surface area (Å²) in [5.74, 6) is 0.848. The molecule has 2 aromatic rings. The molecule has 0 aliphatic carbocycles. The zero-order valence-corrected chi connectivity index (χ0v) is 14.6. The van der Waals surface area contributed by atoms with Crippen LogP contribution in [0.3, 0.4) is 0 Å². The second kappa shape index (κ2) is 8.34. The van der Waals surface area contributed by atoms with Gasteiger partial charge in [-0.15, -0.1) is 12.4 Å². The van der Waals surface area contributed by atoms with Crippen LogP contribution in [0, 0.1) is 0 Å². The predicted molar refractivity (Wildman–Crippen MR) is 94.7 cm³/mol. The van der Waals surface area contributed by atoms with Crippen LogP contribution in [-0.2, 0) is 6.54 Å². The minimum absolute atomic E-state index is 0. The van der Waals surface area contributed by atoms with Gasteiger partial charge in [-0.1, -0.05) is 12.1 Å². The van der Waals surface area contributed by atoms with Gasteiger partial charge in [0.25, 0.3) is 0 Å². The average molecular weight is 337 g/mol. The quantitative estimate of drug-likeness (QED) is 0.880. The molecule has 1 saturated heterocycles. The van der Waals surface area contributed by atoms with Crippen LogP contribution in [-0.4, -0.2) is 48.0 Å². The van der Waals surface area contributed by atoms with E-state index in [0.717, 1.165) is 31.1 Å². The van der Waals surface area contributed by atoms with Crippen molar-refractivity contribution in [3.63, 3.8) is 0 Å². The molecule has 0 bridgehead atoms. The Morgan fingerprint density at radius 2 is 2.13 bits per heavy atom. The van der Waals surface area contributed by atoms with Gasteiger partial charge in [-0.3, -0.25) is 4.90 Å². The number of aromatic nitrogens is 2. The van der Waals surface area contributed by atoms with Gasteiger partial charge in [0.2, 0.25) is 0 Å². The number of nitrogens with one attached hydrogen (secondary N) is 1. The molecule has 0 spiro atoms. The first-order chi connectivity index (χ1) is 10.8. The van der Waals surface area contributed by atoms with Gasteiger partial charge in [0.1, 0.15) is 11.4 Å². The molecule has 23 heavy (non-hydrogen) atoms. The molecule has 1 aliphatic rings. The number of methoxy groups -OCH3 is 1. The molecule has 3 rings (SSSR count). The minimum Gasteiger partial charge on any atom is -0.494 e. The molecule has 0 radical (unpaired) electrons. The van der Waals surface area contributed by atoms with Gasteiger partial charge in [0.05, 0.1) is 12.8 Å². The van der Waals surface area contributed by atoms with Gasteiger partial charge in [0.15, 0.2) is 0 Å². The fourth-order valence-corrected chi connectivity index (χ4v) is 3.25. The SMILES string of the molecule is CNCC1CCCN1Cc1ccnn1-c1ccccc1OC.Cl. The van der Waals surface area contributed by atoms with Crippen LogP contribution in [0.2, 0.25) is 0 Å². The fraction of sp³-hybridized carbons (Fsp3) is 0.471. The largest absolute Gasteiger partial charge is 0.494 e. The summed E-state index contributed by atoms with van der Waals surface area (Å²) in [6, 6.07) is 10.7. The summed E-state index contributed by atoms with van der Waals surface area (Å²) in [5, 5.41) is 7.80. The highest BCUT2D eigenvalue weighted by Crippen LogP contribution is 2.25. The lowest BCUT2D eigenvalue weighted by Crippen LogP contribution is -2.36. The van der Waals surface area contributed by atoms with Crippen LogP contribution in [0.4, 0.5) is 0 Å². The number of hydrogen-bond acceptors (Lipinski definition) is 4. The molecule has 1 aromatic carbocycles. The highest BCUT2D eigenvalue weighted by Gasteiger charge is 2.25. The van der Waals surface area contributed by atoms with Crippen molar-refractivity contribution in [2.45, 2.75) is 25.4 Å². The zero-order valence-electron chi connectivity index (χ0n) is 13.7. The van der Waals surface area contributed by atoms with Crippen LogP contribution in [0.15, 0.2) is 36.5 Å². The number of benzene rings is 1. The van der Waals surface area contributed by atoms with Crippen LogP contribution >= 0.6 is 12.4 Å². The van der Waals surface area contributed by atoms with Gasteiger partial charge in [-0.25, -0.2) is 4.68 Å². The summed E-state index contributed by atoms with van der Waals surface area (Å²) >= 11 is 0. The molecule has 0 amide bonds. The maximum atomic E-state index is 5.47. The number of ether oxygens (including phenoxy) is 1. The first-order valence-electron chi connectivity index (χ1n) is 7.88. The van der Waals surface area contributed by atoms with Crippen LogP contribution in [0.1, 0.15) is 18.5 Å². The van der Waals surface area contributed by atoms with E-state index in [1.807, 2.05) is 42.2 Å².